The minimum atomic E-state index is -0.918. The molecule has 7 heteroatoms. The molecule has 1 fully saturated rings. The highest BCUT2D eigenvalue weighted by Gasteiger charge is 2.32. The van der Waals surface area contributed by atoms with Crippen LogP contribution in [0.5, 0.6) is 23.0 Å². The van der Waals surface area contributed by atoms with Crippen LogP contribution in [0.3, 0.4) is 0 Å². The Balaban J connectivity index is 1.47. The summed E-state index contributed by atoms with van der Waals surface area (Å²) in [5.41, 5.74) is 2.46. The number of rotatable bonds is 3. The van der Waals surface area contributed by atoms with Gasteiger partial charge in [0.15, 0.2) is 28.8 Å². The van der Waals surface area contributed by atoms with Crippen LogP contribution in [-0.4, -0.2) is 43.3 Å². The van der Waals surface area contributed by atoms with Gasteiger partial charge in [-0.1, -0.05) is 12.1 Å². The zero-order chi connectivity index (χ0) is 22.1. The lowest BCUT2D eigenvalue weighted by molar-refractivity contribution is -0.142. The number of ether oxygens (including phenoxy) is 4. The molecule has 1 N–H and O–H groups in total. The Morgan fingerprint density at radius 1 is 0.750 bits per heavy atom. The Morgan fingerprint density at radius 2 is 1.19 bits per heavy atom. The zero-order valence-electron chi connectivity index (χ0n) is 17.3. The molecule has 0 bridgehead atoms. The van der Waals surface area contributed by atoms with Crippen LogP contribution in [0.25, 0.3) is 12.2 Å². The van der Waals surface area contributed by atoms with Gasteiger partial charge in [0, 0.05) is 11.1 Å². The largest absolute Gasteiger partial charge is 0.486 e. The number of hydrogen-bond acceptors (Lipinski definition) is 6. The van der Waals surface area contributed by atoms with E-state index in [-0.39, 0.29) is 18.6 Å². The lowest BCUT2D eigenvalue weighted by Gasteiger charge is -2.23. The van der Waals surface area contributed by atoms with Gasteiger partial charge in [-0.05, 0) is 60.4 Å². The highest BCUT2D eigenvalue weighted by molar-refractivity contribution is 6.14. The summed E-state index contributed by atoms with van der Waals surface area (Å²) in [5.74, 6) is 0.837. The fraction of sp³-hybridized carbons (Fsp3) is 0.280. The molecular formula is C25H22O7. The SMILES string of the molecule is O=C1/C(=C\c2ccc3c(c2)OCCO3)CC(C(=O)O)C/C1=C\c1ccc2c(c1)OCCO2. The van der Waals surface area contributed by atoms with E-state index < -0.39 is 11.9 Å². The maximum Gasteiger partial charge on any atom is 0.307 e. The summed E-state index contributed by atoms with van der Waals surface area (Å²) in [5, 5.41) is 9.67. The van der Waals surface area contributed by atoms with E-state index in [1.165, 1.54) is 0 Å². The van der Waals surface area contributed by atoms with Crippen molar-refractivity contribution in [2.75, 3.05) is 26.4 Å². The minimum absolute atomic E-state index is 0.146. The quantitative estimate of drug-likeness (QED) is 0.736. The number of fused-ring (bicyclic) bond motifs is 2. The van der Waals surface area contributed by atoms with Crippen molar-refractivity contribution in [3.63, 3.8) is 0 Å². The van der Waals surface area contributed by atoms with Crippen LogP contribution < -0.4 is 18.9 Å². The number of carbonyl (C=O) groups excluding carboxylic acids is 1. The van der Waals surface area contributed by atoms with E-state index in [2.05, 4.69) is 0 Å². The number of hydrogen-bond donors (Lipinski definition) is 1. The van der Waals surface area contributed by atoms with Gasteiger partial charge in [-0.25, -0.2) is 0 Å². The van der Waals surface area contributed by atoms with E-state index in [0.717, 1.165) is 11.1 Å². The Labute approximate surface area is 184 Å². The number of benzene rings is 2. The molecule has 5 rings (SSSR count). The predicted octanol–water partition coefficient (Wildman–Crippen LogP) is 3.76. The number of carbonyl (C=O) groups is 2. The Morgan fingerprint density at radius 3 is 1.62 bits per heavy atom. The average Bonchev–Trinajstić information content (AvgIpc) is 2.81. The Bertz CT molecular complexity index is 1060. The van der Waals surface area contributed by atoms with Gasteiger partial charge in [-0.15, -0.1) is 0 Å². The molecule has 2 aromatic carbocycles. The van der Waals surface area contributed by atoms with Crippen molar-refractivity contribution < 1.29 is 33.6 Å². The van der Waals surface area contributed by atoms with Crippen molar-refractivity contribution in [1.82, 2.24) is 0 Å². The van der Waals surface area contributed by atoms with Crippen LogP contribution >= 0.6 is 0 Å². The summed E-state index contributed by atoms with van der Waals surface area (Å²) in [6.45, 7) is 1.94. The molecule has 3 aliphatic rings. The molecule has 0 saturated heterocycles. The highest BCUT2D eigenvalue weighted by Crippen LogP contribution is 2.36. The number of carboxylic acids is 1. The molecule has 0 aromatic heterocycles. The first-order valence-corrected chi connectivity index (χ1v) is 10.5. The molecule has 0 amide bonds. The third kappa shape index (κ3) is 4.06. The third-order valence-corrected chi connectivity index (χ3v) is 5.68. The van der Waals surface area contributed by atoms with Gasteiger partial charge in [0.05, 0.1) is 5.92 Å². The second-order valence-electron chi connectivity index (χ2n) is 7.92. The lowest BCUT2D eigenvalue weighted by atomic mass is 9.80. The molecule has 1 aliphatic carbocycles. The second kappa shape index (κ2) is 8.42. The molecule has 1 saturated carbocycles. The number of aliphatic carboxylic acids is 1. The molecule has 2 aromatic rings. The van der Waals surface area contributed by atoms with Crippen molar-refractivity contribution in [3.8, 4) is 23.0 Å². The van der Waals surface area contributed by atoms with Crippen molar-refractivity contribution in [3.05, 3.63) is 58.7 Å². The summed E-state index contributed by atoms with van der Waals surface area (Å²) in [7, 11) is 0. The molecule has 7 nitrogen and oxygen atoms in total. The predicted molar refractivity (Wildman–Crippen MR) is 116 cm³/mol. The van der Waals surface area contributed by atoms with Gasteiger partial charge in [0.25, 0.3) is 0 Å². The van der Waals surface area contributed by atoms with Crippen LogP contribution in [-0.2, 0) is 9.59 Å². The molecular weight excluding hydrogens is 412 g/mol. The molecule has 2 aliphatic heterocycles. The summed E-state index contributed by atoms with van der Waals surface area (Å²) in [6, 6.07) is 10.9. The van der Waals surface area contributed by atoms with E-state index in [1.54, 1.807) is 24.3 Å². The van der Waals surface area contributed by atoms with Gasteiger partial charge in [-0.3, -0.25) is 9.59 Å². The molecule has 1 unspecified atom stereocenters. The lowest BCUT2D eigenvalue weighted by Crippen LogP contribution is -2.25. The van der Waals surface area contributed by atoms with Crippen LogP contribution in [0.15, 0.2) is 47.5 Å². The van der Waals surface area contributed by atoms with Gasteiger partial charge >= 0.3 is 5.97 Å². The van der Waals surface area contributed by atoms with Crippen LogP contribution in [0.1, 0.15) is 24.0 Å². The molecule has 0 spiro atoms. The van der Waals surface area contributed by atoms with Gasteiger partial charge in [0.1, 0.15) is 26.4 Å². The molecule has 2 heterocycles. The smallest absolute Gasteiger partial charge is 0.307 e. The topological polar surface area (TPSA) is 91.3 Å². The molecule has 32 heavy (non-hydrogen) atoms. The van der Waals surface area contributed by atoms with Crippen molar-refractivity contribution in [2.24, 2.45) is 5.92 Å². The van der Waals surface area contributed by atoms with Crippen molar-refractivity contribution in [2.45, 2.75) is 12.8 Å². The standard InChI is InChI=1S/C25H22O7/c26-24-17(9-15-1-3-20-22(11-15)31-7-5-29-20)13-19(25(27)28)14-18(24)10-16-2-4-21-23(12-16)32-8-6-30-21/h1-4,9-12,19H,5-8,13-14H2,(H,27,28)/b17-9-,18-10+. The summed E-state index contributed by atoms with van der Waals surface area (Å²) in [4.78, 5) is 25.0. The van der Waals surface area contributed by atoms with E-state index in [0.29, 0.717) is 60.6 Å². The minimum Gasteiger partial charge on any atom is -0.486 e. The third-order valence-electron chi connectivity index (χ3n) is 5.68. The zero-order valence-corrected chi connectivity index (χ0v) is 17.3. The summed E-state index contributed by atoms with van der Waals surface area (Å²) >= 11 is 0. The average molecular weight is 434 g/mol. The maximum atomic E-state index is 13.2. The van der Waals surface area contributed by atoms with Gasteiger partial charge in [-0.2, -0.15) is 0 Å². The molecule has 1 atom stereocenters. The van der Waals surface area contributed by atoms with Crippen molar-refractivity contribution in [1.29, 1.82) is 0 Å². The fourth-order valence-corrected chi connectivity index (χ4v) is 4.12. The Kier molecular flexibility index (Phi) is 5.31. The van der Waals surface area contributed by atoms with E-state index in [9.17, 15) is 14.7 Å². The maximum absolute atomic E-state index is 13.2. The number of Topliss-reactive ketones (excluding diaryl/α,β-unsaturated/α-hetero) is 1. The van der Waals surface area contributed by atoms with Gasteiger partial charge in [0.2, 0.25) is 0 Å². The van der Waals surface area contributed by atoms with Crippen LogP contribution in [0.4, 0.5) is 0 Å². The van der Waals surface area contributed by atoms with E-state index in [4.69, 9.17) is 18.9 Å². The van der Waals surface area contributed by atoms with Crippen molar-refractivity contribution >= 4 is 23.9 Å². The van der Waals surface area contributed by atoms with Crippen LogP contribution in [0, 0.1) is 5.92 Å². The summed E-state index contributed by atoms with van der Waals surface area (Å²) in [6.07, 6.45) is 3.85. The Hall–Kier alpha value is -3.74. The monoisotopic (exact) mass is 434 g/mol. The van der Waals surface area contributed by atoms with Crippen LogP contribution in [0.2, 0.25) is 0 Å². The fourth-order valence-electron chi connectivity index (χ4n) is 4.12. The van der Waals surface area contributed by atoms with Gasteiger partial charge < -0.3 is 24.1 Å². The molecule has 164 valence electrons. The number of ketones is 1. The second-order valence-corrected chi connectivity index (χ2v) is 7.92. The first-order chi connectivity index (χ1) is 15.6. The highest BCUT2D eigenvalue weighted by atomic mass is 16.6. The summed E-state index contributed by atoms with van der Waals surface area (Å²) < 4.78 is 22.3. The first kappa shape index (κ1) is 20.2. The normalized spacial score (nSPS) is 22.1. The van der Waals surface area contributed by atoms with E-state index in [1.807, 2.05) is 24.3 Å². The number of allylic oxidation sites excluding steroid dienone is 2. The first-order valence-electron chi connectivity index (χ1n) is 10.5. The number of carboxylic acid groups (broad SMARTS) is 1. The van der Waals surface area contributed by atoms with E-state index >= 15 is 0 Å². The molecule has 0 radical (unpaired) electrons.